The second kappa shape index (κ2) is 6.91. The number of nitrogens with zero attached hydrogens (tertiary/aromatic N) is 3. The summed E-state index contributed by atoms with van der Waals surface area (Å²) in [6, 6.07) is 7.69. The highest BCUT2D eigenvalue weighted by molar-refractivity contribution is 5.75. The van der Waals surface area contributed by atoms with Crippen molar-refractivity contribution in [1.82, 2.24) is 15.0 Å². The van der Waals surface area contributed by atoms with Crippen LogP contribution in [0.15, 0.2) is 28.8 Å². The Hall–Kier alpha value is -2.21. The predicted octanol–water partition coefficient (Wildman–Crippen LogP) is 2.57. The maximum atomic E-state index is 11.9. The lowest BCUT2D eigenvalue weighted by molar-refractivity contribution is -0.148. The molecule has 6 heteroatoms. The standard InChI is InChI=1S/C17H21N3O3/c1-12-7-3-4-8-13(12)16-18-15(19-23-16)11-20-10-6-5-9-14(20)17(21)22-2/h3-4,7-8,14H,5-6,9-11H2,1-2H3/t14-/m1/s1. The summed E-state index contributed by atoms with van der Waals surface area (Å²) in [5.74, 6) is 0.927. The third kappa shape index (κ3) is 3.42. The molecule has 1 aliphatic rings. The Bertz CT molecular complexity index is 683. The fourth-order valence-electron chi connectivity index (χ4n) is 3.01. The van der Waals surface area contributed by atoms with Gasteiger partial charge in [0.25, 0.3) is 5.89 Å². The van der Waals surface area contributed by atoms with Gasteiger partial charge in [-0.1, -0.05) is 29.8 Å². The molecule has 0 N–H and O–H groups in total. The van der Waals surface area contributed by atoms with Crippen LogP contribution in [0, 0.1) is 6.92 Å². The number of methoxy groups -OCH3 is 1. The molecule has 3 rings (SSSR count). The molecule has 1 aromatic carbocycles. The Balaban J connectivity index is 1.75. The van der Waals surface area contributed by atoms with Crippen molar-refractivity contribution in [1.29, 1.82) is 0 Å². The molecule has 0 spiro atoms. The van der Waals surface area contributed by atoms with Crippen LogP contribution in [0.25, 0.3) is 11.5 Å². The summed E-state index contributed by atoms with van der Waals surface area (Å²) in [6.07, 6.45) is 2.92. The van der Waals surface area contributed by atoms with Gasteiger partial charge in [0, 0.05) is 5.56 Å². The minimum absolute atomic E-state index is 0.188. The lowest BCUT2D eigenvalue weighted by atomic mass is 10.0. The molecule has 23 heavy (non-hydrogen) atoms. The predicted molar refractivity (Wildman–Crippen MR) is 84.5 cm³/mol. The zero-order chi connectivity index (χ0) is 16.2. The zero-order valence-electron chi connectivity index (χ0n) is 13.5. The number of carbonyl (C=O) groups excluding carboxylic acids is 1. The van der Waals surface area contributed by atoms with E-state index in [0.29, 0.717) is 18.3 Å². The van der Waals surface area contributed by atoms with Gasteiger partial charge in [-0.25, -0.2) is 0 Å². The molecule has 1 atom stereocenters. The summed E-state index contributed by atoms with van der Waals surface area (Å²) in [5, 5.41) is 4.07. The van der Waals surface area contributed by atoms with Crippen molar-refractivity contribution in [3.63, 3.8) is 0 Å². The third-order valence-electron chi connectivity index (χ3n) is 4.27. The van der Waals surface area contributed by atoms with E-state index in [1.807, 2.05) is 31.2 Å². The number of rotatable bonds is 4. The zero-order valence-corrected chi connectivity index (χ0v) is 13.5. The summed E-state index contributed by atoms with van der Waals surface area (Å²) in [4.78, 5) is 18.5. The second-order valence-electron chi connectivity index (χ2n) is 5.84. The van der Waals surface area contributed by atoms with Crippen molar-refractivity contribution in [2.75, 3.05) is 13.7 Å². The maximum Gasteiger partial charge on any atom is 0.323 e. The quantitative estimate of drug-likeness (QED) is 0.808. The number of aryl methyl sites for hydroxylation is 1. The van der Waals surface area contributed by atoms with Gasteiger partial charge in [0.1, 0.15) is 6.04 Å². The highest BCUT2D eigenvalue weighted by Gasteiger charge is 2.30. The van der Waals surface area contributed by atoms with Crippen LogP contribution in [0.4, 0.5) is 0 Å². The molecular weight excluding hydrogens is 294 g/mol. The van der Waals surface area contributed by atoms with Crippen LogP contribution < -0.4 is 0 Å². The lowest BCUT2D eigenvalue weighted by Crippen LogP contribution is -2.44. The van der Waals surface area contributed by atoms with E-state index in [-0.39, 0.29) is 12.0 Å². The van der Waals surface area contributed by atoms with Crippen LogP contribution >= 0.6 is 0 Å². The van der Waals surface area contributed by atoms with Crippen molar-refractivity contribution in [3.8, 4) is 11.5 Å². The number of aromatic nitrogens is 2. The highest BCUT2D eigenvalue weighted by atomic mass is 16.5. The molecule has 1 aromatic heterocycles. The number of ether oxygens (including phenoxy) is 1. The van der Waals surface area contributed by atoms with E-state index >= 15 is 0 Å². The Morgan fingerprint density at radius 2 is 2.22 bits per heavy atom. The van der Waals surface area contributed by atoms with Gasteiger partial charge in [0.05, 0.1) is 13.7 Å². The Kier molecular flexibility index (Phi) is 4.71. The van der Waals surface area contributed by atoms with Gasteiger partial charge in [0.2, 0.25) is 0 Å². The number of esters is 1. The molecule has 0 radical (unpaired) electrons. The largest absolute Gasteiger partial charge is 0.468 e. The Morgan fingerprint density at radius 1 is 1.39 bits per heavy atom. The molecule has 0 bridgehead atoms. The molecule has 0 unspecified atom stereocenters. The van der Waals surface area contributed by atoms with Gasteiger partial charge in [-0.3, -0.25) is 9.69 Å². The first-order chi connectivity index (χ1) is 11.2. The molecule has 0 saturated carbocycles. The fourth-order valence-corrected chi connectivity index (χ4v) is 3.01. The molecular formula is C17H21N3O3. The number of likely N-dealkylation sites (tertiary alicyclic amines) is 1. The van der Waals surface area contributed by atoms with Crippen LogP contribution in [0.2, 0.25) is 0 Å². The minimum atomic E-state index is -0.214. The molecule has 0 amide bonds. The normalized spacial score (nSPS) is 18.8. The molecule has 2 aromatic rings. The summed E-state index contributed by atoms with van der Waals surface area (Å²) >= 11 is 0. The van der Waals surface area contributed by atoms with E-state index in [1.165, 1.54) is 7.11 Å². The molecule has 1 fully saturated rings. The van der Waals surface area contributed by atoms with E-state index in [1.54, 1.807) is 0 Å². The van der Waals surface area contributed by atoms with Crippen LogP contribution in [0.1, 0.15) is 30.7 Å². The Labute approximate surface area is 135 Å². The van der Waals surface area contributed by atoms with Gasteiger partial charge in [-0.15, -0.1) is 0 Å². The first-order valence-electron chi connectivity index (χ1n) is 7.89. The van der Waals surface area contributed by atoms with Crippen molar-refractivity contribution < 1.29 is 14.1 Å². The van der Waals surface area contributed by atoms with Gasteiger partial charge >= 0.3 is 5.97 Å². The monoisotopic (exact) mass is 315 g/mol. The van der Waals surface area contributed by atoms with Crippen molar-refractivity contribution in [2.24, 2.45) is 0 Å². The minimum Gasteiger partial charge on any atom is -0.468 e. The SMILES string of the molecule is COC(=O)[C@H]1CCCCN1Cc1noc(-c2ccccc2C)n1. The van der Waals surface area contributed by atoms with Crippen molar-refractivity contribution >= 4 is 5.97 Å². The van der Waals surface area contributed by atoms with Crippen LogP contribution in [0.3, 0.4) is 0 Å². The molecule has 122 valence electrons. The maximum absolute atomic E-state index is 11.9. The fraction of sp³-hybridized carbons (Fsp3) is 0.471. The summed E-state index contributed by atoms with van der Waals surface area (Å²) in [6.45, 7) is 3.35. The van der Waals surface area contributed by atoms with Crippen LogP contribution in [0.5, 0.6) is 0 Å². The first-order valence-corrected chi connectivity index (χ1v) is 7.89. The van der Waals surface area contributed by atoms with Crippen LogP contribution in [-0.4, -0.2) is 40.7 Å². The Morgan fingerprint density at radius 3 is 3.00 bits per heavy atom. The van der Waals surface area contributed by atoms with Gasteiger partial charge in [0.15, 0.2) is 5.82 Å². The number of hydrogen-bond donors (Lipinski definition) is 0. The molecule has 2 heterocycles. The number of piperidine rings is 1. The van der Waals surface area contributed by atoms with E-state index in [4.69, 9.17) is 9.26 Å². The molecule has 1 aliphatic heterocycles. The van der Waals surface area contributed by atoms with E-state index in [0.717, 1.165) is 36.9 Å². The van der Waals surface area contributed by atoms with Gasteiger partial charge < -0.3 is 9.26 Å². The number of carbonyl (C=O) groups is 1. The van der Waals surface area contributed by atoms with Crippen molar-refractivity contribution in [2.45, 2.75) is 38.8 Å². The molecule has 1 saturated heterocycles. The van der Waals surface area contributed by atoms with Gasteiger partial charge in [-0.05, 0) is 37.9 Å². The van der Waals surface area contributed by atoms with E-state index in [9.17, 15) is 4.79 Å². The lowest BCUT2D eigenvalue weighted by Gasteiger charge is -2.32. The van der Waals surface area contributed by atoms with Crippen molar-refractivity contribution in [3.05, 3.63) is 35.7 Å². The van der Waals surface area contributed by atoms with E-state index in [2.05, 4.69) is 15.0 Å². The molecule has 6 nitrogen and oxygen atoms in total. The van der Waals surface area contributed by atoms with Crippen LogP contribution in [-0.2, 0) is 16.1 Å². The average molecular weight is 315 g/mol. The smallest absolute Gasteiger partial charge is 0.323 e. The average Bonchev–Trinajstić information content (AvgIpc) is 3.03. The second-order valence-corrected chi connectivity index (χ2v) is 5.84. The summed E-state index contributed by atoms with van der Waals surface area (Å²) < 4.78 is 10.3. The third-order valence-corrected chi connectivity index (χ3v) is 4.27. The number of hydrogen-bond acceptors (Lipinski definition) is 6. The first kappa shape index (κ1) is 15.7. The topological polar surface area (TPSA) is 68.5 Å². The summed E-state index contributed by atoms with van der Waals surface area (Å²) in [7, 11) is 1.43. The van der Waals surface area contributed by atoms with Gasteiger partial charge in [-0.2, -0.15) is 4.98 Å². The highest BCUT2D eigenvalue weighted by Crippen LogP contribution is 2.23. The summed E-state index contributed by atoms with van der Waals surface area (Å²) in [5.41, 5.74) is 2.03. The number of benzene rings is 1. The molecule has 0 aliphatic carbocycles. The van der Waals surface area contributed by atoms with E-state index < -0.39 is 0 Å².